The molecule has 19 heavy (non-hydrogen) atoms. The number of hydrogen-bond acceptors (Lipinski definition) is 5. The van der Waals surface area contributed by atoms with Gasteiger partial charge in [-0.3, -0.25) is 14.5 Å². The number of thiophene rings is 1. The lowest BCUT2D eigenvalue weighted by Crippen LogP contribution is -2.38. The summed E-state index contributed by atoms with van der Waals surface area (Å²) >= 11 is 1.42. The van der Waals surface area contributed by atoms with Crippen LogP contribution in [0.4, 0.5) is 0 Å². The largest absolute Gasteiger partial charge is 0.384 e. The molecule has 0 aliphatic rings. The van der Waals surface area contributed by atoms with Crippen LogP contribution in [0.1, 0.15) is 9.75 Å². The van der Waals surface area contributed by atoms with Crippen LogP contribution in [0.5, 0.6) is 0 Å². The van der Waals surface area contributed by atoms with Gasteiger partial charge in [0.15, 0.2) is 0 Å². The molecule has 7 heteroatoms. The van der Waals surface area contributed by atoms with E-state index in [9.17, 15) is 9.59 Å². The summed E-state index contributed by atoms with van der Waals surface area (Å²) in [4.78, 5) is 25.1. The highest BCUT2D eigenvalue weighted by Gasteiger charge is 2.12. The average Bonchev–Trinajstić information content (AvgIpc) is 2.72. The molecule has 6 nitrogen and oxygen atoms in total. The van der Waals surface area contributed by atoms with Gasteiger partial charge in [-0.15, -0.1) is 11.3 Å². The number of rotatable bonds is 6. The number of carbonyl (C=O) groups is 2. The molecule has 0 unspecified atom stereocenters. The summed E-state index contributed by atoms with van der Waals surface area (Å²) in [7, 11) is 0. The highest BCUT2D eigenvalue weighted by atomic mass is 32.1. The molecule has 0 spiro atoms. The first-order chi connectivity index (χ1) is 9.01. The predicted octanol–water partition coefficient (Wildman–Crippen LogP) is -1.14. The average molecular weight is 281 g/mol. The van der Waals surface area contributed by atoms with Crippen molar-refractivity contribution in [2.24, 2.45) is 11.5 Å². The number of nitrogens with two attached hydrogens (primary N) is 2. The topological polar surface area (TPSA) is 110 Å². The van der Waals surface area contributed by atoms with E-state index in [0.29, 0.717) is 6.54 Å². The minimum absolute atomic E-state index is 0.0293. The quantitative estimate of drug-likeness (QED) is 0.573. The Morgan fingerprint density at radius 3 is 2.42 bits per heavy atom. The Labute approximate surface area is 115 Å². The Morgan fingerprint density at radius 2 is 1.89 bits per heavy atom. The maximum Gasteiger partial charge on any atom is 0.231 e. The Bertz CT molecular complexity index is 500. The first-order valence-corrected chi connectivity index (χ1v) is 6.30. The molecule has 0 saturated carbocycles. The molecule has 2 amide bonds. The van der Waals surface area contributed by atoms with Crippen molar-refractivity contribution in [3.63, 3.8) is 0 Å². The molecule has 5 N–H and O–H groups in total. The van der Waals surface area contributed by atoms with Gasteiger partial charge >= 0.3 is 0 Å². The third kappa shape index (κ3) is 6.01. The zero-order chi connectivity index (χ0) is 14.3. The van der Waals surface area contributed by atoms with Crippen molar-refractivity contribution in [2.75, 3.05) is 19.7 Å². The number of amides is 2. The number of aliphatic hydroxyl groups excluding tert-OH is 1. The van der Waals surface area contributed by atoms with Gasteiger partial charge in [0, 0.05) is 11.4 Å². The normalized spacial score (nSPS) is 10.0. The molecular formula is C12H15N3O3S. The van der Waals surface area contributed by atoms with E-state index in [4.69, 9.17) is 16.6 Å². The van der Waals surface area contributed by atoms with E-state index in [-0.39, 0.29) is 19.7 Å². The highest BCUT2D eigenvalue weighted by molar-refractivity contribution is 7.12. The molecule has 1 aromatic rings. The summed E-state index contributed by atoms with van der Waals surface area (Å²) < 4.78 is 0. The summed E-state index contributed by atoms with van der Waals surface area (Å²) in [6.07, 6.45) is 0. The van der Waals surface area contributed by atoms with Crippen molar-refractivity contribution in [1.29, 1.82) is 0 Å². The number of carbonyl (C=O) groups excluding carboxylic acids is 2. The summed E-state index contributed by atoms with van der Waals surface area (Å²) in [6, 6.07) is 3.66. The summed E-state index contributed by atoms with van der Waals surface area (Å²) in [5, 5.41) is 8.60. The number of hydrogen-bond donors (Lipinski definition) is 3. The van der Waals surface area contributed by atoms with Crippen molar-refractivity contribution >= 4 is 23.2 Å². The van der Waals surface area contributed by atoms with Crippen LogP contribution in [-0.2, 0) is 16.1 Å². The van der Waals surface area contributed by atoms with Crippen LogP contribution in [-0.4, -0.2) is 41.5 Å². The van der Waals surface area contributed by atoms with E-state index in [0.717, 1.165) is 9.75 Å². The molecule has 1 heterocycles. The summed E-state index contributed by atoms with van der Waals surface area (Å²) in [6.45, 7) is 0.150. The van der Waals surface area contributed by atoms with Crippen LogP contribution in [0.15, 0.2) is 12.1 Å². The minimum atomic E-state index is -0.516. The zero-order valence-electron chi connectivity index (χ0n) is 10.3. The molecule has 102 valence electrons. The van der Waals surface area contributed by atoms with Gasteiger partial charge in [0.1, 0.15) is 6.61 Å². The molecule has 0 aliphatic heterocycles. The third-order valence-corrected chi connectivity index (χ3v) is 3.08. The summed E-state index contributed by atoms with van der Waals surface area (Å²) in [5.74, 6) is 4.30. The Morgan fingerprint density at radius 1 is 1.26 bits per heavy atom. The van der Waals surface area contributed by atoms with E-state index in [1.807, 2.05) is 12.1 Å². The Kier molecular flexibility index (Phi) is 6.02. The fraction of sp³-hybridized carbons (Fsp3) is 0.333. The van der Waals surface area contributed by atoms with E-state index >= 15 is 0 Å². The van der Waals surface area contributed by atoms with Crippen LogP contribution in [0.2, 0.25) is 0 Å². The molecule has 0 fully saturated rings. The van der Waals surface area contributed by atoms with E-state index in [1.165, 1.54) is 11.3 Å². The van der Waals surface area contributed by atoms with Crippen molar-refractivity contribution < 1.29 is 14.7 Å². The van der Waals surface area contributed by atoms with Gasteiger partial charge in [-0.2, -0.15) is 0 Å². The monoisotopic (exact) mass is 281 g/mol. The number of aliphatic hydroxyl groups is 1. The fourth-order valence-corrected chi connectivity index (χ4v) is 2.41. The molecule has 0 atom stereocenters. The molecule has 1 aromatic heterocycles. The Hall–Kier alpha value is -1.88. The lowest BCUT2D eigenvalue weighted by Gasteiger charge is -2.17. The van der Waals surface area contributed by atoms with E-state index < -0.39 is 11.8 Å². The van der Waals surface area contributed by atoms with Gasteiger partial charge in [-0.25, -0.2) is 0 Å². The zero-order valence-corrected chi connectivity index (χ0v) is 11.1. The lowest BCUT2D eigenvalue weighted by molar-refractivity contribution is -0.122. The smallest absolute Gasteiger partial charge is 0.231 e. The van der Waals surface area contributed by atoms with Crippen LogP contribution >= 0.6 is 11.3 Å². The van der Waals surface area contributed by atoms with Crippen LogP contribution in [0.25, 0.3) is 0 Å². The Balaban J connectivity index is 2.69. The second-order valence-corrected chi connectivity index (χ2v) is 4.97. The molecule has 0 saturated heterocycles. The van der Waals surface area contributed by atoms with Crippen LogP contribution in [0, 0.1) is 11.8 Å². The fourth-order valence-electron chi connectivity index (χ4n) is 1.49. The van der Waals surface area contributed by atoms with Gasteiger partial charge in [0.2, 0.25) is 11.8 Å². The predicted molar refractivity (Wildman–Crippen MR) is 71.9 cm³/mol. The van der Waals surface area contributed by atoms with Crippen molar-refractivity contribution in [1.82, 2.24) is 4.90 Å². The number of primary amides is 2. The third-order valence-electron chi connectivity index (χ3n) is 2.09. The number of nitrogens with zero attached hydrogens (tertiary/aromatic N) is 1. The molecule has 0 bridgehead atoms. The maximum absolute atomic E-state index is 10.9. The van der Waals surface area contributed by atoms with Crippen LogP contribution < -0.4 is 11.5 Å². The van der Waals surface area contributed by atoms with Crippen LogP contribution in [0.3, 0.4) is 0 Å². The lowest BCUT2D eigenvalue weighted by atomic mass is 10.3. The minimum Gasteiger partial charge on any atom is -0.384 e. The highest BCUT2D eigenvalue weighted by Crippen LogP contribution is 2.17. The van der Waals surface area contributed by atoms with Gasteiger partial charge in [0.05, 0.1) is 18.0 Å². The first kappa shape index (κ1) is 15.2. The van der Waals surface area contributed by atoms with Crippen molar-refractivity contribution in [3.8, 4) is 11.8 Å². The van der Waals surface area contributed by atoms with E-state index in [2.05, 4.69) is 11.8 Å². The van der Waals surface area contributed by atoms with Gasteiger partial charge in [-0.05, 0) is 12.1 Å². The standard InChI is InChI=1S/C12H15N3O3S/c13-11(17)7-15(8-12(14)18)6-10-4-3-9(19-10)2-1-5-16/h3-4,16H,5-8H2,(H2,13,17)(H2,14,18). The molecular weight excluding hydrogens is 266 g/mol. The molecule has 0 aliphatic carbocycles. The molecule has 0 radical (unpaired) electrons. The maximum atomic E-state index is 10.9. The molecule has 0 aromatic carbocycles. The van der Waals surface area contributed by atoms with E-state index in [1.54, 1.807) is 4.90 Å². The second kappa shape index (κ2) is 7.53. The van der Waals surface area contributed by atoms with Gasteiger partial charge in [0.25, 0.3) is 0 Å². The van der Waals surface area contributed by atoms with Crippen molar-refractivity contribution in [2.45, 2.75) is 6.54 Å². The first-order valence-electron chi connectivity index (χ1n) is 5.48. The van der Waals surface area contributed by atoms with Gasteiger partial charge in [-0.1, -0.05) is 11.8 Å². The summed E-state index contributed by atoms with van der Waals surface area (Å²) in [5.41, 5.74) is 10.2. The SMILES string of the molecule is NC(=O)CN(CC(N)=O)Cc1ccc(C#CCO)s1. The van der Waals surface area contributed by atoms with Crippen molar-refractivity contribution in [3.05, 3.63) is 21.9 Å². The second-order valence-electron chi connectivity index (χ2n) is 3.80. The molecule has 1 rings (SSSR count). The van der Waals surface area contributed by atoms with Gasteiger partial charge < -0.3 is 16.6 Å².